The number of hydrogen-bond donors (Lipinski definition) is 1. The number of nitrogens with one attached hydrogen (secondary N) is 1. The molecule has 0 rings (SSSR count). The Morgan fingerprint density at radius 3 is 2.59 bits per heavy atom. The molecule has 0 aliphatic carbocycles. The zero-order chi connectivity index (χ0) is 13.3. The molecule has 5 heteroatoms. The molecule has 1 N–H and O–H groups in total. The molecule has 0 aliphatic rings. The quantitative estimate of drug-likeness (QED) is 0.428. The molecule has 0 amide bonds. The number of alkyl halides is 3. The number of thiocarbonyl (C=S) groups is 1. The first-order valence-electron chi connectivity index (χ1n) is 5.12. The second-order valence-corrected chi connectivity index (χ2v) is 3.85. The van der Waals surface area contributed by atoms with Crippen molar-refractivity contribution in [1.82, 2.24) is 5.32 Å². The van der Waals surface area contributed by atoms with Crippen molar-refractivity contribution in [2.75, 3.05) is 13.1 Å². The van der Waals surface area contributed by atoms with Crippen molar-refractivity contribution >= 4 is 17.6 Å². The van der Waals surface area contributed by atoms with Crippen molar-refractivity contribution in [3.63, 3.8) is 0 Å². The van der Waals surface area contributed by atoms with Gasteiger partial charge < -0.3 is 5.32 Å². The lowest BCUT2D eigenvalue weighted by atomic mass is 10.2. The highest BCUT2D eigenvalue weighted by molar-refractivity contribution is 7.79. The van der Waals surface area contributed by atoms with E-state index in [9.17, 15) is 13.2 Å². The van der Waals surface area contributed by atoms with Gasteiger partial charge >= 0.3 is 6.18 Å². The van der Waals surface area contributed by atoms with Gasteiger partial charge in [0.15, 0.2) is 0 Å². The molecule has 0 aromatic carbocycles. The van der Waals surface area contributed by atoms with Crippen molar-refractivity contribution in [3.05, 3.63) is 36.0 Å². The number of allylic oxidation sites excluding steroid dienone is 4. The SMILES string of the molecule is C=C(C=CC=C(C)CCNCC=S)C(F)(F)F. The molecule has 0 unspecified atom stereocenters. The second kappa shape index (κ2) is 8.20. The number of halogens is 3. The van der Waals surface area contributed by atoms with E-state index in [-0.39, 0.29) is 0 Å². The second-order valence-electron chi connectivity index (χ2n) is 3.52. The van der Waals surface area contributed by atoms with Gasteiger partial charge in [0, 0.05) is 12.1 Å². The van der Waals surface area contributed by atoms with Gasteiger partial charge in [0.25, 0.3) is 0 Å². The van der Waals surface area contributed by atoms with Crippen LogP contribution in [0.1, 0.15) is 13.3 Å². The Bertz CT molecular complexity index is 316. The maximum absolute atomic E-state index is 12.1. The molecule has 0 bridgehead atoms. The van der Waals surface area contributed by atoms with Gasteiger partial charge in [-0.15, -0.1) is 0 Å². The molecule has 0 saturated carbocycles. The summed E-state index contributed by atoms with van der Waals surface area (Å²) in [5.41, 5.74) is 0.147. The first kappa shape index (κ1) is 16.1. The van der Waals surface area contributed by atoms with E-state index in [2.05, 4.69) is 24.1 Å². The van der Waals surface area contributed by atoms with Gasteiger partial charge in [-0.1, -0.05) is 42.6 Å². The van der Waals surface area contributed by atoms with E-state index in [1.54, 1.807) is 11.4 Å². The molecular weight excluding hydrogens is 247 g/mol. The molecule has 0 aromatic heterocycles. The van der Waals surface area contributed by atoms with Crippen LogP contribution in [0.3, 0.4) is 0 Å². The fourth-order valence-corrected chi connectivity index (χ4v) is 1.07. The van der Waals surface area contributed by atoms with Gasteiger partial charge in [-0.2, -0.15) is 13.2 Å². The molecule has 96 valence electrons. The summed E-state index contributed by atoms with van der Waals surface area (Å²) in [6.07, 6.45) is 0.402. The Balaban J connectivity index is 4.02. The van der Waals surface area contributed by atoms with Crippen LogP contribution in [0, 0.1) is 0 Å². The topological polar surface area (TPSA) is 12.0 Å². The summed E-state index contributed by atoms with van der Waals surface area (Å²) in [4.78, 5) is 0. The summed E-state index contributed by atoms with van der Waals surface area (Å²) in [5, 5.41) is 4.66. The first-order chi connectivity index (χ1) is 7.88. The van der Waals surface area contributed by atoms with Crippen LogP contribution in [0.15, 0.2) is 36.0 Å². The van der Waals surface area contributed by atoms with Gasteiger partial charge in [0.2, 0.25) is 0 Å². The van der Waals surface area contributed by atoms with E-state index in [4.69, 9.17) is 0 Å². The summed E-state index contributed by atoms with van der Waals surface area (Å²) in [6.45, 7) is 6.21. The first-order valence-corrected chi connectivity index (χ1v) is 5.59. The zero-order valence-electron chi connectivity index (χ0n) is 9.68. The Kier molecular flexibility index (Phi) is 7.74. The molecule has 0 saturated heterocycles. The van der Waals surface area contributed by atoms with Crippen LogP contribution < -0.4 is 5.32 Å². The van der Waals surface area contributed by atoms with Crippen LogP contribution in [0.25, 0.3) is 0 Å². The smallest absolute Gasteiger partial charge is 0.312 e. The molecular formula is C12H16F3NS. The van der Waals surface area contributed by atoms with Gasteiger partial charge in [-0.25, -0.2) is 0 Å². The Hall–Kier alpha value is -0.940. The molecule has 0 atom stereocenters. The van der Waals surface area contributed by atoms with Gasteiger partial charge in [0.1, 0.15) is 0 Å². The summed E-state index contributed by atoms with van der Waals surface area (Å²) in [5.74, 6) is 0. The Morgan fingerprint density at radius 1 is 1.41 bits per heavy atom. The number of rotatable bonds is 7. The van der Waals surface area contributed by atoms with E-state index >= 15 is 0 Å². The lowest BCUT2D eigenvalue weighted by Crippen LogP contribution is -2.16. The minimum atomic E-state index is -4.35. The van der Waals surface area contributed by atoms with E-state index in [1.165, 1.54) is 6.08 Å². The molecule has 0 aliphatic heterocycles. The van der Waals surface area contributed by atoms with E-state index < -0.39 is 11.7 Å². The van der Waals surface area contributed by atoms with E-state index in [0.717, 1.165) is 24.6 Å². The Morgan fingerprint density at radius 2 is 2.06 bits per heavy atom. The van der Waals surface area contributed by atoms with Crippen LogP contribution in [0.2, 0.25) is 0 Å². The highest BCUT2D eigenvalue weighted by atomic mass is 32.1. The van der Waals surface area contributed by atoms with Crippen molar-refractivity contribution in [1.29, 1.82) is 0 Å². The summed E-state index contributed by atoms with van der Waals surface area (Å²) in [6, 6.07) is 0. The highest BCUT2D eigenvalue weighted by Crippen LogP contribution is 2.24. The van der Waals surface area contributed by atoms with Crippen molar-refractivity contribution < 1.29 is 13.2 Å². The van der Waals surface area contributed by atoms with Crippen LogP contribution in [-0.2, 0) is 0 Å². The van der Waals surface area contributed by atoms with Crippen molar-refractivity contribution in [3.8, 4) is 0 Å². The lowest BCUT2D eigenvalue weighted by Gasteiger charge is -2.04. The summed E-state index contributed by atoms with van der Waals surface area (Å²) >= 11 is 4.64. The summed E-state index contributed by atoms with van der Waals surface area (Å²) in [7, 11) is 0. The predicted octanol–water partition coefficient (Wildman–Crippen LogP) is 3.59. The van der Waals surface area contributed by atoms with E-state index in [0.29, 0.717) is 6.54 Å². The standard InChI is InChI=1S/C12H16F3NS/c1-10(6-7-16-8-9-17)4-3-5-11(2)12(13,14)15/h3-5,9,16H,2,6-8H2,1H3. The number of hydrogen-bond acceptors (Lipinski definition) is 2. The van der Waals surface area contributed by atoms with Crippen molar-refractivity contribution in [2.24, 2.45) is 0 Å². The average molecular weight is 263 g/mol. The molecule has 0 aromatic rings. The Labute approximate surface area is 105 Å². The molecule has 0 fully saturated rings. The predicted molar refractivity (Wildman–Crippen MR) is 69.2 cm³/mol. The molecule has 17 heavy (non-hydrogen) atoms. The average Bonchev–Trinajstić information content (AvgIpc) is 2.23. The van der Waals surface area contributed by atoms with E-state index in [1.807, 2.05) is 6.92 Å². The van der Waals surface area contributed by atoms with Crippen LogP contribution in [-0.4, -0.2) is 24.6 Å². The molecule has 0 heterocycles. The third kappa shape index (κ3) is 8.83. The fourth-order valence-electron chi connectivity index (χ4n) is 0.953. The van der Waals surface area contributed by atoms with Crippen LogP contribution in [0.4, 0.5) is 13.2 Å². The highest BCUT2D eigenvalue weighted by Gasteiger charge is 2.29. The lowest BCUT2D eigenvalue weighted by molar-refractivity contribution is -0.0878. The van der Waals surface area contributed by atoms with Crippen molar-refractivity contribution in [2.45, 2.75) is 19.5 Å². The van der Waals surface area contributed by atoms with Gasteiger partial charge in [-0.3, -0.25) is 0 Å². The maximum Gasteiger partial charge on any atom is 0.415 e. The largest absolute Gasteiger partial charge is 0.415 e. The third-order valence-corrected chi connectivity index (χ3v) is 2.13. The van der Waals surface area contributed by atoms with Crippen LogP contribution >= 0.6 is 12.2 Å². The minimum Gasteiger partial charge on any atom is -0.312 e. The summed E-state index contributed by atoms with van der Waals surface area (Å²) < 4.78 is 36.2. The normalized spacial score (nSPS) is 13.1. The molecule has 1 nitrogen and oxygen atoms in total. The minimum absolute atomic E-state index is 0.656. The molecule has 0 radical (unpaired) electrons. The molecule has 0 spiro atoms. The monoisotopic (exact) mass is 263 g/mol. The maximum atomic E-state index is 12.1. The fraction of sp³-hybridized carbons (Fsp3) is 0.417. The van der Waals surface area contributed by atoms with Gasteiger partial charge in [-0.05, 0) is 25.3 Å². The zero-order valence-corrected chi connectivity index (χ0v) is 10.5. The van der Waals surface area contributed by atoms with Crippen LogP contribution in [0.5, 0.6) is 0 Å². The third-order valence-electron chi connectivity index (χ3n) is 1.97. The van der Waals surface area contributed by atoms with Gasteiger partial charge in [0.05, 0.1) is 0 Å².